The molecule has 0 saturated carbocycles. The summed E-state index contributed by atoms with van der Waals surface area (Å²) >= 11 is 0. The number of nitrogens with zero attached hydrogens (tertiary/aromatic N) is 2. The molecule has 0 aliphatic carbocycles. The van der Waals surface area contributed by atoms with E-state index in [2.05, 4.69) is 12.2 Å². The van der Waals surface area contributed by atoms with Crippen LogP contribution in [0.1, 0.15) is 25.3 Å². The van der Waals surface area contributed by atoms with E-state index in [9.17, 15) is 8.42 Å². The average molecular weight is 344 g/mol. The fourth-order valence-electron chi connectivity index (χ4n) is 2.58. The molecule has 0 amide bonds. The first-order valence-electron chi connectivity index (χ1n) is 7.29. The van der Waals surface area contributed by atoms with E-state index in [0.717, 1.165) is 25.9 Å². The number of rotatable bonds is 5. The Morgan fingerprint density at radius 2 is 2.05 bits per heavy atom. The van der Waals surface area contributed by atoms with Crippen molar-refractivity contribution in [3.63, 3.8) is 0 Å². The Hall–Kier alpha value is -1.13. The van der Waals surface area contributed by atoms with Crippen LogP contribution in [0.15, 0.2) is 29.2 Å². The summed E-state index contributed by atoms with van der Waals surface area (Å²) in [5.41, 5.74) is 0.373. The minimum Gasteiger partial charge on any atom is -0.317 e. The average Bonchev–Trinajstić information content (AvgIpc) is 2.53. The van der Waals surface area contributed by atoms with Gasteiger partial charge in [-0.25, -0.2) is 8.42 Å². The van der Waals surface area contributed by atoms with Crippen LogP contribution >= 0.6 is 12.4 Å². The van der Waals surface area contributed by atoms with Gasteiger partial charge in [-0.2, -0.15) is 9.57 Å². The topological polar surface area (TPSA) is 73.2 Å². The van der Waals surface area contributed by atoms with Gasteiger partial charge in [-0.1, -0.05) is 13.0 Å². The molecular formula is C15H22ClN3O2S. The van der Waals surface area contributed by atoms with Crippen molar-refractivity contribution in [3.05, 3.63) is 29.8 Å². The maximum Gasteiger partial charge on any atom is 0.243 e. The van der Waals surface area contributed by atoms with Crippen LogP contribution in [0.2, 0.25) is 0 Å². The third-order valence-electron chi connectivity index (χ3n) is 3.86. The lowest BCUT2D eigenvalue weighted by Gasteiger charge is -2.31. The number of nitriles is 1. The van der Waals surface area contributed by atoms with Crippen molar-refractivity contribution in [2.75, 3.05) is 26.2 Å². The lowest BCUT2D eigenvalue weighted by molar-refractivity contribution is 0.268. The molecule has 1 saturated heterocycles. The third-order valence-corrected chi connectivity index (χ3v) is 5.75. The van der Waals surface area contributed by atoms with Gasteiger partial charge in [0.25, 0.3) is 0 Å². The highest BCUT2D eigenvalue weighted by Gasteiger charge is 2.29. The summed E-state index contributed by atoms with van der Waals surface area (Å²) in [6.45, 7) is 5.07. The SMILES string of the molecule is CCNCC1CCN(S(=O)(=O)c2cccc(C#N)c2)CC1.Cl. The Kier molecular flexibility index (Phi) is 7.30. The van der Waals surface area contributed by atoms with E-state index in [-0.39, 0.29) is 17.3 Å². The lowest BCUT2D eigenvalue weighted by atomic mass is 9.98. The Balaban J connectivity index is 0.00000242. The minimum atomic E-state index is -3.48. The summed E-state index contributed by atoms with van der Waals surface area (Å²) in [5, 5.41) is 12.2. The number of halogens is 1. The quantitative estimate of drug-likeness (QED) is 0.887. The van der Waals surface area contributed by atoms with Gasteiger partial charge in [0.1, 0.15) is 0 Å². The van der Waals surface area contributed by atoms with Gasteiger partial charge < -0.3 is 5.32 Å². The van der Waals surface area contributed by atoms with Crippen molar-refractivity contribution in [2.45, 2.75) is 24.7 Å². The third kappa shape index (κ3) is 4.43. The molecule has 1 aliphatic rings. The maximum absolute atomic E-state index is 12.6. The molecular weight excluding hydrogens is 322 g/mol. The largest absolute Gasteiger partial charge is 0.317 e. The summed E-state index contributed by atoms with van der Waals surface area (Å²) in [6.07, 6.45) is 1.76. The molecule has 0 bridgehead atoms. The predicted molar refractivity (Wildman–Crippen MR) is 88.4 cm³/mol. The van der Waals surface area contributed by atoms with Gasteiger partial charge in [0.2, 0.25) is 10.0 Å². The molecule has 0 radical (unpaired) electrons. The zero-order chi connectivity index (χ0) is 15.3. The van der Waals surface area contributed by atoms with Gasteiger partial charge in [-0.15, -0.1) is 12.4 Å². The van der Waals surface area contributed by atoms with Gasteiger partial charge in [0.15, 0.2) is 0 Å². The van der Waals surface area contributed by atoms with Gasteiger partial charge in [0, 0.05) is 13.1 Å². The van der Waals surface area contributed by atoms with Crippen molar-refractivity contribution in [1.82, 2.24) is 9.62 Å². The molecule has 22 heavy (non-hydrogen) atoms. The Morgan fingerprint density at radius 1 is 1.36 bits per heavy atom. The number of hydrogen-bond acceptors (Lipinski definition) is 4. The van der Waals surface area contributed by atoms with Crippen LogP contribution in [0, 0.1) is 17.2 Å². The van der Waals surface area contributed by atoms with E-state index in [4.69, 9.17) is 5.26 Å². The van der Waals surface area contributed by atoms with Crippen molar-refractivity contribution in [1.29, 1.82) is 5.26 Å². The zero-order valence-corrected chi connectivity index (χ0v) is 14.3. The van der Waals surface area contributed by atoms with Crippen molar-refractivity contribution < 1.29 is 8.42 Å². The monoisotopic (exact) mass is 343 g/mol. The van der Waals surface area contributed by atoms with Gasteiger partial charge in [0.05, 0.1) is 16.5 Å². The summed E-state index contributed by atoms with van der Waals surface area (Å²) in [5.74, 6) is 0.543. The van der Waals surface area contributed by atoms with E-state index in [1.165, 1.54) is 10.4 Å². The van der Waals surface area contributed by atoms with Gasteiger partial charge >= 0.3 is 0 Å². The van der Waals surface area contributed by atoms with Crippen molar-refractivity contribution in [2.24, 2.45) is 5.92 Å². The Bertz CT molecular complexity index is 620. The molecule has 1 aromatic carbocycles. The maximum atomic E-state index is 12.6. The lowest BCUT2D eigenvalue weighted by Crippen LogP contribution is -2.40. The molecule has 1 heterocycles. The Labute approximate surface area is 138 Å². The number of sulfonamides is 1. The van der Waals surface area contributed by atoms with Gasteiger partial charge in [-0.3, -0.25) is 0 Å². The van der Waals surface area contributed by atoms with Crippen LogP contribution in [-0.4, -0.2) is 38.9 Å². The second-order valence-corrected chi connectivity index (χ2v) is 7.23. The molecule has 7 heteroatoms. The molecule has 1 N–H and O–H groups in total. The fourth-order valence-corrected chi connectivity index (χ4v) is 4.09. The fraction of sp³-hybridized carbons (Fsp3) is 0.533. The molecule has 1 aliphatic heterocycles. The molecule has 0 aromatic heterocycles. The van der Waals surface area contributed by atoms with E-state index < -0.39 is 10.0 Å². The predicted octanol–water partition coefficient (Wildman–Crippen LogP) is 1.99. The van der Waals surface area contributed by atoms with E-state index in [1.807, 2.05) is 6.07 Å². The van der Waals surface area contributed by atoms with E-state index >= 15 is 0 Å². The number of piperidine rings is 1. The molecule has 0 spiro atoms. The van der Waals surface area contributed by atoms with Crippen LogP contribution in [-0.2, 0) is 10.0 Å². The molecule has 1 aromatic rings. The van der Waals surface area contributed by atoms with Crippen LogP contribution in [0.25, 0.3) is 0 Å². The van der Waals surface area contributed by atoms with Crippen LogP contribution in [0.5, 0.6) is 0 Å². The molecule has 0 unspecified atom stereocenters. The number of benzene rings is 1. The number of hydrogen-bond donors (Lipinski definition) is 1. The molecule has 0 atom stereocenters. The number of nitrogens with one attached hydrogen (secondary N) is 1. The smallest absolute Gasteiger partial charge is 0.243 e. The highest BCUT2D eigenvalue weighted by atomic mass is 35.5. The second-order valence-electron chi connectivity index (χ2n) is 5.29. The molecule has 5 nitrogen and oxygen atoms in total. The van der Waals surface area contributed by atoms with Crippen LogP contribution in [0.3, 0.4) is 0 Å². The first kappa shape index (κ1) is 18.9. The highest BCUT2D eigenvalue weighted by Crippen LogP contribution is 2.23. The van der Waals surface area contributed by atoms with Crippen molar-refractivity contribution in [3.8, 4) is 6.07 Å². The second kappa shape index (κ2) is 8.49. The van der Waals surface area contributed by atoms with Crippen LogP contribution in [0.4, 0.5) is 0 Å². The van der Waals surface area contributed by atoms with Crippen LogP contribution < -0.4 is 5.32 Å². The highest BCUT2D eigenvalue weighted by molar-refractivity contribution is 7.89. The van der Waals surface area contributed by atoms with E-state index in [0.29, 0.717) is 24.6 Å². The molecule has 122 valence electrons. The minimum absolute atomic E-state index is 0. The summed E-state index contributed by atoms with van der Waals surface area (Å²) in [4.78, 5) is 0.215. The molecule has 2 rings (SSSR count). The first-order valence-corrected chi connectivity index (χ1v) is 8.73. The normalized spacial score (nSPS) is 16.7. The first-order chi connectivity index (χ1) is 10.1. The Morgan fingerprint density at radius 3 is 2.64 bits per heavy atom. The van der Waals surface area contributed by atoms with E-state index in [1.54, 1.807) is 18.2 Å². The van der Waals surface area contributed by atoms with Gasteiger partial charge in [-0.05, 0) is 50.0 Å². The summed E-state index contributed by atoms with van der Waals surface area (Å²) < 4.78 is 26.7. The summed E-state index contributed by atoms with van der Waals surface area (Å²) in [6, 6.07) is 8.21. The summed E-state index contributed by atoms with van der Waals surface area (Å²) in [7, 11) is -3.48. The standard InChI is InChI=1S/C15H21N3O2S.ClH/c1-2-17-12-13-6-8-18(9-7-13)21(19,20)15-5-3-4-14(10-15)11-16;/h3-5,10,13,17H,2,6-9,12H2,1H3;1H. The molecule has 1 fully saturated rings. The zero-order valence-electron chi connectivity index (χ0n) is 12.7. The van der Waals surface area contributed by atoms with Crippen molar-refractivity contribution >= 4 is 22.4 Å².